The van der Waals surface area contributed by atoms with Crippen molar-refractivity contribution in [2.45, 2.75) is 76.4 Å². The van der Waals surface area contributed by atoms with Gasteiger partial charge in [0.15, 0.2) is 0 Å². The standard InChI is InChI=1S/C16H29NO/c1-2-17-14-8-3-5-9-15-10-13-16(18-15)11-6-4-7-12-16/h3,5,15,17H,2,4,6-14H2,1H3/b5-3+. The molecule has 1 aliphatic carbocycles. The Labute approximate surface area is 112 Å². The van der Waals surface area contributed by atoms with E-state index in [1.807, 2.05) is 0 Å². The summed E-state index contributed by atoms with van der Waals surface area (Å²) in [6.07, 6.45) is 16.8. The molecule has 0 bridgehead atoms. The average molecular weight is 251 g/mol. The zero-order valence-electron chi connectivity index (χ0n) is 11.9. The molecule has 104 valence electrons. The lowest BCUT2D eigenvalue weighted by molar-refractivity contribution is -0.0620. The summed E-state index contributed by atoms with van der Waals surface area (Å²) in [5, 5.41) is 3.34. The number of hydrogen-bond acceptors (Lipinski definition) is 2. The SMILES string of the molecule is CCNCC/C=C/CC1CCC2(CCCCC2)O1. The molecule has 1 heterocycles. The van der Waals surface area contributed by atoms with Crippen LogP contribution in [0.3, 0.4) is 0 Å². The Morgan fingerprint density at radius 3 is 2.78 bits per heavy atom. The number of rotatable bonds is 6. The molecule has 2 rings (SSSR count). The number of nitrogens with one attached hydrogen (secondary N) is 1. The van der Waals surface area contributed by atoms with E-state index in [4.69, 9.17) is 4.74 Å². The second-order valence-corrected chi connectivity index (χ2v) is 5.87. The zero-order valence-corrected chi connectivity index (χ0v) is 11.9. The lowest BCUT2D eigenvalue weighted by Gasteiger charge is -2.33. The van der Waals surface area contributed by atoms with Gasteiger partial charge in [-0.1, -0.05) is 38.3 Å². The van der Waals surface area contributed by atoms with E-state index in [2.05, 4.69) is 24.4 Å². The highest BCUT2D eigenvalue weighted by Gasteiger charge is 2.40. The molecule has 0 aromatic rings. The van der Waals surface area contributed by atoms with Crippen LogP contribution in [0.25, 0.3) is 0 Å². The average Bonchev–Trinajstić information content (AvgIpc) is 2.78. The van der Waals surface area contributed by atoms with Crippen molar-refractivity contribution in [3.05, 3.63) is 12.2 Å². The van der Waals surface area contributed by atoms with Crippen molar-refractivity contribution in [3.8, 4) is 0 Å². The predicted octanol–water partition coefficient (Wildman–Crippen LogP) is 3.81. The highest BCUT2D eigenvalue weighted by Crippen LogP contribution is 2.42. The maximum atomic E-state index is 6.35. The van der Waals surface area contributed by atoms with Crippen LogP contribution in [0, 0.1) is 0 Å². The molecule has 1 atom stereocenters. The van der Waals surface area contributed by atoms with Gasteiger partial charge in [-0.05, 0) is 51.6 Å². The Bertz CT molecular complexity index is 256. The van der Waals surface area contributed by atoms with Gasteiger partial charge >= 0.3 is 0 Å². The van der Waals surface area contributed by atoms with E-state index in [-0.39, 0.29) is 0 Å². The quantitative estimate of drug-likeness (QED) is 0.572. The van der Waals surface area contributed by atoms with Crippen molar-refractivity contribution in [2.75, 3.05) is 13.1 Å². The summed E-state index contributed by atoms with van der Waals surface area (Å²) in [5.41, 5.74) is 0.292. The van der Waals surface area contributed by atoms with Crippen LogP contribution >= 0.6 is 0 Å². The summed E-state index contributed by atoms with van der Waals surface area (Å²) in [6.45, 7) is 4.32. The number of ether oxygens (including phenoxy) is 1. The van der Waals surface area contributed by atoms with Crippen LogP contribution in [0.15, 0.2) is 12.2 Å². The Morgan fingerprint density at radius 2 is 2.00 bits per heavy atom. The molecule has 0 radical (unpaired) electrons. The lowest BCUT2D eigenvalue weighted by atomic mass is 9.83. The molecule has 1 saturated carbocycles. The van der Waals surface area contributed by atoms with Crippen LogP contribution in [-0.2, 0) is 4.74 Å². The number of hydrogen-bond donors (Lipinski definition) is 1. The summed E-state index contributed by atoms with van der Waals surface area (Å²) < 4.78 is 6.35. The van der Waals surface area contributed by atoms with Gasteiger partial charge < -0.3 is 10.1 Å². The van der Waals surface area contributed by atoms with Crippen molar-refractivity contribution in [1.29, 1.82) is 0 Å². The van der Waals surface area contributed by atoms with E-state index in [0.717, 1.165) is 25.9 Å². The molecule has 0 aromatic heterocycles. The van der Waals surface area contributed by atoms with Gasteiger partial charge in [-0.2, -0.15) is 0 Å². The minimum Gasteiger partial charge on any atom is -0.371 e. The van der Waals surface area contributed by atoms with Gasteiger partial charge in [0.2, 0.25) is 0 Å². The van der Waals surface area contributed by atoms with Crippen molar-refractivity contribution in [3.63, 3.8) is 0 Å². The van der Waals surface area contributed by atoms with Gasteiger partial charge in [0.25, 0.3) is 0 Å². The largest absolute Gasteiger partial charge is 0.371 e. The van der Waals surface area contributed by atoms with Gasteiger partial charge in [-0.25, -0.2) is 0 Å². The van der Waals surface area contributed by atoms with Crippen LogP contribution in [0.4, 0.5) is 0 Å². The van der Waals surface area contributed by atoms with E-state index in [0.29, 0.717) is 11.7 Å². The summed E-state index contributed by atoms with van der Waals surface area (Å²) in [5.74, 6) is 0. The van der Waals surface area contributed by atoms with Crippen molar-refractivity contribution in [2.24, 2.45) is 0 Å². The molecule has 1 spiro atoms. The normalized spacial score (nSPS) is 27.3. The van der Waals surface area contributed by atoms with Gasteiger partial charge in [0.1, 0.15) is 0 Å². The van der Waals surface area contributed by atoms with Crippen molar-refractivity contribution >= 4 is 0 Å². The first kappa shape index (κ1) is 14.1. The molecular formula is C16H29NO. The minimum absolute atomic E-state index is 0.292. The van der Waals surface area contributed by atoms with Gasteiger partial charge in [0.05, 0.1) is 11.7 Å². The molecule has 1 aliphatic heterocycles. The van der Waals surface area contributed by atoms with Gasteiger partial charge in [0, 0.05) is 0 Å². The highest BCUT2D eigenvalue weighted by molar-refractivity contribution is 4.94. The molecule has 2 heteroatoms. The Kier molecular flexibility index (Phi) is 5.71. The third-order valence-corrected chi connectivity index (χ3v) is 4.41. The lowest BCUT2D eigenvalue weighted by Crippen LogP contribution is -2.31. The monoisotopic (exact) mass is 251 g/mol. The third kappa shape index (κ3) is 4.10. The molecule has 1 saturated heterocycles. The molecule has 2 aliphatic rings. The van der Waals surface area contributed by atoms with Crippen molar-refractivity contribution in [1.82, 2.24) is 5.32 Å². The smallest absolute Gasteiger partial charge is 0.0687 e. The van der Waals surface area contributed by atoms with E-state index < -0.39 is 0 Å². The highest BCUT2D eigenvalue weighted by atomic mass is 16.5. The second kappa shape index (κ2) is 7.30. The van der Waals surface area contributed by atoms with Crippen LogP contribution in [0.1, 0.15) is 64.7 Å². The van der Waals surface area contributed by atoms with Crippen molar-refractivity contribution < 1.29 is 4.74 Å². The van der Waals surface area contributed by atoms with E-state index in [1.54, 1.807) is 0 Å². The third-order valence-electron chi connectivity index (χ3n) is 4.41. The maximum absolute atomic E-state index is 6.35. The molecule has 2 fully saturated rings. The van der Waals surface area contributed by atoms with E-state index in [9.17, 15) is 0 Å². The van der Waals surface area contributed by atoms with Crippen LogP contribution in [0.5, 0.6) is 0 Å². The van der Waals surface area contributed by atoms with Gasteiger partial charge in [-0.15, -0.1) is 0 Å². The predicted molar refractivity (Wildman–Crippen MR) is 76.8 cm³/mol. The summed E-state index contributed by atoms with van der Waals surface area (Å²) >= 11 is 0. The Balaban J connectivity index is 1.63. The topological polar surface area (TPSA) is 21.3 Å². The molecular weight excluding hydrogens is 222 g/mol. The first-order valence-corrected chi connectivity index (χ1v) is 7.88. The fraction of sp³-hybridized carbons (Fsp3) is 0.875. The molecule has 0 amide bonds. The molecule has 1 N–H and O–H groups in total. The second-order valence-electron chi connectivity index (χ2n) is 5.87. The molecule has 1 unspecified atom stereocenters. The Hall–Kier alpha value is -0.340. The summed E-state index contributed by atoms with van der Waals surface area (Å²) in [7, 11) is 0. The zero-order chi connectivity index (χ0) is 12.7. The first-order valence-electron chi connectivity index (χ1n) is 7.88. The first-order chi connectivity index (χ1) is 8.85. The minimum atomic E-state index is 0.292. The van der Waals surface area contributed by atoms with Gasteiger partial charge in [-0.3, -0.25) is 0 Å². The summed E-state index contributed by atoms with van der Waals surface area (Å²) in [4.78, 5) is 0. The van der Waals surface area contributed by atoms with E-state index >= 15 is 0 Å². The van der Waals surface area contributed by atoms with Crippen LogP contribution in [0.2, 0.25) is 0 Å². The maximum Gasteiger partial charge on any atom is 0.0687 e. The van der Waals surface area contributed by atoms with Crippen LogP contribution in [-0.4, -0.2) is 24.8 Å². The summed E-state index contributed by atoms with van der Waals surface area (Å²) in [6, 6.07) is 0. The van der Waals surface area contributed by atoms with E-state index in [1.165, 1.54) is 44.9 Å². The fourth-order valence-electron chi connectivity index (χ4n) is 3.35. The molecule has 0 aromatic carbocycles. The van der Waals surface area contributed by atoms with Crippen LogP contribution < -0.4 is 5.32 Å². The fourth-order valence-corrected chi connectivity index (χ4v) is 3.35. The Morgan fingerprint density at radius 1 is 1.17 bits per heavy atom. The molecule has 2 nitrogen and oxygen atoms in total. The molecule has 18 heavy (non-hydrogen) atoms.